The number of nitrogens with zero attached hydrogens (tertiary/aromatic N) is 1. The van der Waals surface area contributed by atoms with Gasteiger partial charge < -0.3 is 10.2 Å². The van der Waals surface area contributed by atoms with Crippen LogP contribution in [0.5, 0.6) is 0 Å². The van der Waals surface area contributed by atoms with Gasteiger partial charge in [-0.3, -0.25) is 4.79 Å². The fourth-order valence-corrected chi connectivity index (χ4v) is 1.48. The van der Waals surface area contributed by atoms with Crippen LogP contribution in [0.2, 0.25) is 0 Å². The van der Waals surface area contributed by atoms with Crippen LogP contribution in [0.4, 0.5) is 22.0 Å². The molecule has 0 aliphatic carbocycles. The van der Waals surface area contributed by atoms with Crippen LogP contribution in [0, 0.1) is 0 Å². The van der Waals surface area contributed by atoms with Gasteiger partial charge in [-0.2, -0.15) is 22.0 Å². The number of carbonyl (C=O) groups excluding carboxylic acids is 1. The molecule has 1 N–H and O–H groups in total. The van der Waals surface area contributed by atoms with Crippen LogP contribution in [0.25, 0.3) is 0 Å². The number of alkyl halides is 5. The minimum Gasteiger partial charge on any atom is -0.336 e. The Balaban J connectivity index is 2.76. The minimum absolute atomic E-state index is 0.232. The maximum Gasteiger partial charge on any atom is 0.463 e. The van der Waals surface area contributed by atoms with Crippen LogP contribution >= 0.6 is 0 Å². The molecule has 3 nitrogen and oxygen atoms in total. The van der Waals surface area contributed by atoms with E-state index >= 15 is 0 Å². The van der Waals surface area contributed by atoms with E-state index in [-0.39, 0.29) is 6.54 Å². The molecule has 94 valence electrons. The summed E-state index contributed by atoms with van der Waals surface area (Å²) in [5, 5.41) is 2.78. The highest BCUT2D eigenvalue weighted by molar-refractivity contribution is 5.84. The van der Waals surface area contributed by atoms with Crippen molar-refractivity contribution in [2.24, 2.45) is 0 Å². The van der Waals surface area contributed by atoms with E-state index in [1.807, 2.05) is 0 Å². The van der Waals surface area contributed by atoms with Gasteiger partial charge in [0.15, 0.2) is 0 Å². The zero-order valence-corrected chi connectivity index (χ0v) is 8.44. The fraction of sp³-hybridized carbons (Fsp3) is 0.875. The Kier molecular flexibility index (Phi) is 3.41. The van der Waals surface area contributed by atoms with Crippen molar-refractivity contribution in [3.63, 3.8) is 0 Å². The normalized spacial score (nSPS) is 22.2. The Morgan fingerprint density at radius 3 is 2.25 bits per heavy atom. The molecule has 8 heteroatoms. The Labute approximate surface area is 88.6 Å². The molecule has 0 radical (unpaired) electrons. The van der Waals surface area contributed by atoms with E-state index in [4.69, 9.17) is 0 Å². The molecule has 0 bridgehead atoms. The Morgan fingerprint density at radius 1 is 1.31 bits per heavy atom. The van der Waals surface area contributed by atoms with Gasteiger partial charge in [0, 0.05) is 19.6 Å². The van der Waals surface area contributed by atoms with Gasteiger partial charge in [-0.15, -0.1) is 0 Å². The van der Waals surface area contributed by atoms with E-state index in [0.29, 0.717) is 17.9 Å². The first kappa shape index (κ1) is 13.1. The lowest BCUT2D eigenvalue weighted by atomic mass is 10.2. The molecule has 1 saturated heterocycles. The molecule has 0 aromatic rings. The summed E-state index contributed by atoms with van der Waals surface area (Å²) in [6.45, 7) is 0.732. The Hall–Kier alpha value is -0.920. The number of halogens is 5. The Bertz CT molecular complexity index is 272. The second kappa shape index (κ2) is 4.15. The lowest BCUT2D eigenvalue weighted by Crippen LogP contribution is -2.54. The fourth-order valence-electron chi connectivity index (χ4n) is 1.48. The van der Waals surface area contributed by atoms with Crippen molar-refractivity contribution >= 4 is 5.91 Å². The minimum atomic E-state index is -5.84. The number of amides is 1. The Morgan fingerprint density at radius 2 is 1.88 bits per heavy atom. The first-order valence-electron chi connectivity index (χ1n) is 4.60. The van der Waals surface area contributed by atoms with E-state index in [0.717, 1.165) is 7.05 Å². The van der Waals surface area contributed by atoms with Crippen molar-refractivity contribution in [3.8, 4) is 0 Å². The van der Waals surface area contributed by atoms with Gasteiger partial charge in [0.1, 0.15) is 0 Å². The van der Waals surface area contributed by atoms with Gasteiger partial charge in [0.2, 0.25) is 0 Å². The summed E-state index contributed by atoms with van der Waals surface area (Å²) in [5.41, 5.74) is 0. The smallest absolute Gasteiger partial charge is 0.336 e. The predicted molar refractivity (Wildman–Crippen MR) is 45.0 cm³/mol. The van der Waals surface area contributed by atoms with Gasteiger partial charge in [0.05, 0.1) is 0 Å². The molecule has 0 aromatic heterocycles. The zero-order valence-electron chi connectivity index (χ0n) is 8.44. The van der Waals surface area contributed by atoms with Gasteiger partial charge in [0.25, 0.3) is 0 Å². The summed E-state index contributed by atoms with van der Waals surface area (Å²) in [6, 6.07) is -0.610. The van der Waals surface area contributed by atoms with E-state index in [9.17, 15) is 26.7 Å². The monoisotopic (exact) mass is 246 g/mol. The third kappa shape index (κ3) is 2.26. The quantitative estimate of drug-likeness (QED) is 0.737. The first-order valence-corrected chi connectivity index (χ1v) is 4.60. The van der Waals surface area contributed by atoms with Crippen LogP contribution in [0.3, 0.4) is 0 Å². The molecule has 1 rings (SSSR count). The zero-order chi connectivity index (χ0) is 12.6. The van der Waals surface area contributed by atoms with Crippen LogP contribution in [-0.2, 0) is 4.79 Å². The molecule has 1 fully saturated rings. The van der Waals surface area contributed by atoms with E-state index in [1.54, 1.807) is 0 Å². The summed E-state index contributed by atoms with van der Waals surface area (Å²) in [5.74, 6) is -7.52. The number of hydrogen-bond acceptors (Lipinski definition) is 2. The van der Waals surface area contributed by atoms with Crippen molar-refractivity contribution in [2.75, 3.05) is 20.1 Å². The summed E-state index contributed by atoms with van der Waals surface area (Å²) in [6.07, 6.45) is -5.47. The summed E-state index contributed by atoms with van der Waals surface area (Å²) in [4.78, 5) is 11.5. The molecule has 1 heterocycles. The van der Waals surface area contributed by atoms with Crippen molar-refractivity contribution in [1.29, 1.82) is 0 Å². The molecule has 1 unspecified atom stereocenters. The number of likely N-dealkylation sites (N-methyl/N-ethyl adjacent to an activating group) is 1. The van der Waals surface area contributed by atoms with Crippen LogP contribution in [0.1, 0.15) is 6.42 Å². The molecule has 1 aliphatic heterocycles. The van der Waals surface area contributed by atoms with Crippen molar-refractivity contribution in [2.45, 2.75) is 24.6 Å². The SMILES string of the molecule is CN(C(=O)C(F)(F)C(F)(F)F)C1CCNC1. The number of rotatable bonds is 2. The molecule has 0 saturated carbocycles. The molecule has 16 heavy (non-hydrogen) atoms. The molecular weight excluding hydrogens is 235 g/mol. The van der Waals surface area contributed by atoms with Gasteiger partial charge in [-0.25, -0.2) is 0 Å². The molecule has 1 atom stereocenters. The maximum atomic E-state index is 12.7. The van der Waals surface area contributed by atoms with Crippen molar-refractivity contribution in [1.82, 2.24) is 10.2 Å². The average Bonchev–Trinajstić information content (AvgIpc) is 2.66. The predicted octanol–water partition coefficient (Wildman–Crippen LogP) is 1.00. The van der Waals surface area contributed by atoms with E-state index in [2.05, 4.69) is 5.32 Å². The summed E-state index contributed by atoms with van der Waals surface area (Å²) < 4.78 is 61.1. The topological polar surface area (TPSA) is 32.3 Å². The lowest BCUT2D eigenvalue weighted by molar-refractivity contribution is -0.274. The summed E-state index contributed by atoms with van der Waals surface area (Å²) in [7, 11) is 0.958. The second-order valence-corrected chi connectivity index (χ2v) is 3.63. The third-order valence-electron chi connectivity index (χ3n) is 2.53. The van der Waals surface area contributed by atoms with Gasteiger partial charge in [-0.1, -0.05) is 0 Å². The molecule has 1 aliphatic rings. The molecule has 0 aromatic carbocycles. The van der Waals surface area contributed by atoms with Crippen molar-refractivity contribution in [3.05, 3.63) is 0 Å². The maximum absolute atomic E-state index is 12.7. The first-order chi connectivity index (χ1) is 7.18. The standard InChI is InChI=1S/C8H11F5N2O/c1-15(5-2-3-14-4-5)6(16)7(9,10)8(11,12)13/h5,14H,2-4H2,1H3. The number of nitrogens with one attached hydrogen (secondary N) is 1. The largest absolute Gasteiger partial charge is 0.463 e. The third-order valence-corrected chi connectivity index (χ3v) is 2.53. The van der Waals surface area contributed by atoms with E-state index < -0.39 is 24.0 Å². The molecular formula is C8H11F5N2O. The average molecular weight is 246 g/mol. The highest BCUT2D eigenvalue weighted by Gasteiger charge is 2.64. The van der Waals surface area contributed by atoms with Crippen molar-refractivity contribution < 1.29 is 26.7 Å². The van der Waals surface area contributed by atoms with E-state index in [1.165, 1.54) is 0 Å². The highest BCUT2D eigenvalue weighted by atomic mass is 19.4. The van der Waals surface area contributed by atoms with Crippen LogP contribution < -0.4 is 5.32 Å². The van der Waals surface area contributed by atoms with Crippen LogP contribution in [0.15, 0.2) is 0 Å². The van der Waals surface area contributed by atoms with Gasteiger partial charge >= 0.3 is 18.0 Å². The molecule has 1 amide bonds. The molecule has 0 spiro atoms. The summed E-state index contributed by atoms with van der Waals surface area (Å²) >= 11 is 0. The van der Waals surface area contributed by atoms with Crippen LogP contribution in [-0.4, -0.2) is 49.1 Å². The number of carbonyl (C=O) groups is 1. The van der Waals surface area contributed by atoms with Gasteiger partial charge in [-0.05, 0) is 13.0 Å². The highest BCUT2D eigenvalue weighted by Crippen LogP contribution is 2.37. The lowest BCUT2D eigenvalue weighted by Gasteiger charge is -2.28. The second-order valence-electron chi connectivity index (χ2n) is 3.63. The number of hydrogen-bond donors (Lipinski definition) is 1.